The van der Waals surface area contributed by atoms with Crippen LogP contribution in [0.15, 0.2) is 41.0 Å². The summed E-state index contributed by atoms with van der Waals surface area (Å²) >= 11 is 0. The van der Waals surface area contributed by atoms with Crippen LogP contribution in [0.5, 0.6) is 5.75 Å². The number of nitrogens with one attached hydrogen (secondary N) is 1. The summed E-state index contributed by atoms with van der Waals surface area (Å²) in [4.78, 5) is 0. The largest absolute Gasteiger partial charge is 0.496 e. The maximum atomic E-state index is 5.32. The Balaban J connectivity index is 1.96. The topological polar surface area (TPSA) is 34.4 Å². The number of hydrogen-bond acceptors (Lipinski definition) is 3. The Morgan fingerprint density at radius 3 is 2.82 bits per heavy atom. The number of rotatable bonds is 5. The molecule has 3 heteroatoms. The molecular formula is C14H17NO2. The molecule has 0 spiro atoms. The van der Waals surface area contributed by atoms with Crippen LogP contribution in [0.25, 0.3) is 0 Å². The fourth-order valence-electron chi connectivity index (χ4n) is 1.78. The molecule has 0 fully saturated rings. The van der Waals surface area contributed by atoms with Gasteiger partial charge in [0.25, 0.3) is 0 Å². The van der Waals surface area contributed by atoms with E-state index in [-0.39, 0.29) is 0 Å². The highest BCUT2D eigenvalue weighted by molar-refractivity contribution is 5.36. The number of benzene rings is 1. The molecule has 1 aromatic carbocycles. The van der Waals surface area contributed by atoms with Crippen molar-refractivity contribution >= 4 is 0 Å². The van der Waals surface area contributed by atoms with Gasteiger partial charge in [-0.25, -0.2) is 0 Å². The van der Waals surface area contributed by atoms with E-state index in [1.165, 1.54) is 11.1 Å². The van der Waals surface area contributed by atoms with Crippen LogP contribution in [-0.4, -0.2) is 7.11 Å². The molecule has 0 bridgehead atoms. The molecule has 2 aromatic rings. The summed E-state index contributed by atoms with van der Waals surface area (Å²) in [6.45, 7) is 3.57. The fraction of sp³-hybridized carbons (Fsp3) is 0.286. The summed E-state index contributed by atoms with van der Waals surface area (Å²) in [5.41, 5.74) is 2.40. The predicted molar refractivity (Wildman–Crippen MR) is 67.0 cm³/mol. The Labute approximate surface area is 101 Å². The van der Waals surface area contributed by atoms with Gasteiger partial charge < -0.3 is 14.5 Å². The highest BCUT2D eigenvalue weighted by Gasteiger charge is 2.03. The molecule has 0 aliphatic carbocycles. The molecule has 3 nitrogen and oxygen atoms in total. The zero-order chi connectivity index (χ0) is 12.1. The third kappa shape index (κ3) is 3.11. The number of furan rings is 1. The number of methoxy groups -OCH3 is 1. The highest BCUT2D eigenvalue weighted by atomic mass is 16.5. The van der Waals surface area contributed by atoms with E-state index < -0.39 is 0 Å². The van der Waals surface area contributed by atoms with Crippen LogP contribution in [0.4, 0.5) is 0 Å². The van der Waals surface area contributed by atoms with Gasteiger partial charge in [-0.3, -0.25) is 0 Å². The van der Waals surface area contributed by atoms with Crippen LogP contribution >= 0.6 is 0 Å². The molecule has 0 unspecified atom stereocenters. The first-order valence-corrected chi connectivity index (χ1v) is 5.66. The smallest absolute Gasteiger partial charge is 0.123 e. The van der Waals surface area contributed by atoms with Gasteiger partial charge in [0.2, 0.25) is 0 Å². The fourth-order valence-corrected chi connectivity index (χ4v) is 1.78. The van der Waals surface area contributed by atoms with E-state index in [0.717, 1.165) is 24.6 Å². The van der Waals surface area contributed by atoms with Crippen LogP contribution in [0.2, 0.25) is 0 Å². The third-order valence-electron chi connectivity index (χ3n) is 2.63. The molecule has 2 rings (SSSR count). The van der Waals surface area contributed by atoms with E-state index in [9.17, 15) is 0 Å². The van der Waals surface area contributed by atoms with Crippen LogP contribution in [0, 0.1) is 6.92 Å². The second kappa shape index (κ2) is 5.55. The Kier molecular flexibility index (Phi) is 3.83. The van der Waals surface area contributed by atoms with Gasteiger partial charge in [0.1, 0.15) is 11.5 Å². The van der Waals surface area contributed by atoms with Crippen LogP contribution < -0.4 is 10.1 Å². The summed E-state index contributed by atoms with van der Waals surface area (Å²) in [6.07, 6.45) is 1.68. The Morgan fingerprint density at radius 2 is 2.12 bits per heavy atom. The summed E-state index contributed by atoms with van der Waals surface area (Å²) in [7, 11) is 1.70. The average molecular weight is 231 g/mol. The lowest BCUT2D eigenvalue weighted by molar-refractivity contribution is 0.406. The first-order chi connectivity index (χ1) is 8.29. The molecular weight excluding hydrogens is 214 g/mol. The molecule has 0 aliphatic rings. The van der Waals surface area contributed by atoms with Gasteiger partial charge in [0.15, 0.2) is 0 Å². The van der Waals surface area contributed by atoms with Crippen LogP contribution in [-0.2, 0) is 13.1 Å². The van der Waals surface area contributed by atoms with E-state index in [4.69, 9.17) is 9.15 Å². The van der Waals surface area contributed by atoms with Crippen LogP contribution in [0.3, 0.4) is 0 Å². The molecule has 0 atom stereocenters. The molecule has 0 amide bonds. The van der Waals surface area contributed by atoms with Gasteiger partial charge in [-0.1, -0.05) is 17.7 Å². The summed E-state index contributed by atoms with van der Waals surface area (Å²) in [6, 6.07) is 10.0. The van der Waals surface area contributed by atoms with Crippen molar-refractivity contribution in [2.45, 2.75) is 20.0 Å². The minimum Gasteiger partial charge on any atom is -0.496 e. The van der Waals surface area contributed by atoms with Crippen molar-refractivity contribution < 1.29 is 9.15 Å². The number of aryl methyl sites for hydroxylation is 1. The van der Waals surface area contributed by atoms with E-state index in [1.54, 1.807) is 13.4 Å². The van der Waals surface area contributed by atoms with Crippen molar-refractivity contribution in [1.82, 2.24) is 5.32 Å². The Bertz CT molecular complexity index is 463. The molecule has 0 saturated heterocycles. The van der Waals surface area contributed by atoms with E-state index in [2.05, 4.69) is 24.4 Å². The summed E-state index contributed by atoms with van der Waals surface area (Å²) in [5, 5.41) is 3.33. The second-order valence-corrected chi connectivity index (χ2v) is 4.00. The normalized spacial score (nSPS) is 10.5. The van der Waals surface area contributed by atoms with E-state index in [0.29, 0.717) is 0 Å². The molecule has 1 N–H and O–H groups in total. The van der Waals surface area contributed by atoms with Crippen molar-refractivity contribution in [1.29, 1.82) is 0 Å². The minimum absolute atomic E-state index is 0.726. The highest BCUT2D eigenvalue weighted by Crippen LogP contribution is 2.19. The van der Waals surface area contributed by atoms with Crippen molar-refractivity contribution in [2.75, 3.05) is 7.11 Å². The zero-order valence-electron chi connectivity index (χ0n) is 10.2. The molecule has 1 heterocycles. The molecule has 0 aliphatic heterocycles. The molecule has 0 radical (unpaired) electrons. The first-order valence-electron chi connectivity index (χ1n) is 5.66. The Hall–Kier alpha value is -1.74. The van der Waals surface area contributed by atoms with Gasteiger partial charge in [-0.2, -0.15) is 0 Å². The lowest BCUT2D eigenvalue weighted by Crippen LogP contribution is -2.13. The quantitative estimate of drug-likeness (QED) is 0.859. The lowest BCUT2D eigenvalue weighted by Gasteiger charge is -2.09. The number of ether oxygens (including phenoxy) is 1. The summed E-state index contributed by atoms with van der Waals surface area (Å²) < 4.78 is 10.6. The van der Waals surface area contributed by atoms with Crippen molar-refractivity contribution in [2.24, 2.45) is 0 Å². The maximum absolute atomic E-state index is 5.32. The zero-order valence-corrected chi connectivity index (χ0v) is 10.2. The van der Waals surface area contributed by atoms with Crippen LogP contribution in [0.1, 0.15) is 16.9 Å². The van der Waals surface area contributed by atoms with E-state index >= 15 is 0 Å². The van der Waals surface area contributed by atoms with Gasteiger partial charge in [-0.05, 0) is 25.1 Å². The van der Waals surface area contributed by atoms with Gasteiger partial charge in [0, 0.05) is 12.1 Å². The standard InChI is InChI=1S/C14H17NO2/c1-11-5-6-14(16-2)12(8-11)9-15-10-13-4-3-7-17-13/h3-8,15H,9-10H2,1-2H3. The van der Waals surface area contributed by atoms with Crippen molar-refractivity contribution in [3.05, 3.63) is 53.5 Å². The predicted octanol–water partition coefficient (Wildman–Crippen LogP) is 2.89. The van der Waals surface area contributed by atoms with Gasteiger partial charge >= 0.3 is 0 Å². The van der Waals surface area contributed by atoms with Crippen molar-refractivity contribution in [3.63, 3.8) is 0 Å². The van der Waals surface area contributed by atoms with Gasteiger partial charge in [-0.15, -0.1) is 0 Å². The molecule has 0 saturated carbocycles. The minimum atomic E-state index is 0.726. The second-order valence-electron chi connectivity index (χ2n) is 4.00. The SMILES string of the molecule is COc1ccc(C)cc1CNCc1ccco1. The average Bonchev–Trinajstić information content (AvgIpc) is 2.82. The molecule has 90 valence electrons. The summed E-state index contributed by atoms with van der Waals surface area (Å²) in [5.74, 6) is 1.86. The Morgan fingerprint density at radius 1 is 1.24 bits per heavy atom. The van der Waals surface area contributed by atoms with E-state index in [1.807, 2.05) is 18.2 Å². The monoisotopic (exact) mass is 231 g/mol. The molecule has 17 heavy (non-hydrogen) atoms. The van der Waals surface area contributed by atoms with Gasteiger partial charge in [0.05, 0.1) is 19.9 Å². The first kappa shape index (κ1) is 11.7. The molecule has 1 aromatic heterocycles. The lowest BCUT2D eigenvalue weighted by atomic mass is 10.1. The number of hydrogen-bond donors (Lipinski definition) is 1. The van der Waals surface area contributed by atoms with Crippen molar-refractivity contribution in [3.8, 4) is 5.75 Å². The maximum Gasteiger partial charge on any atom is 0.123 e. The third-order valence-corrected chi connectivity index (χ3v) is 2.63.